The molecule has 0 saturated carbocycles. The van der Waals surface area contributed by atoms with Crippen LogP contribution < -0.4 is 11.1 Å². The third kappa shape index (κ3) is 5.23. The highest BCUT2D eigenvalue weighted by atomic mass is 35.5. The van der Waals surface area contributed by atoms with E-state index in [1.54, 1.807) is 5.32 Å². The molecule has 0 heterocycles. The maximum atomic E-state index is 13.4. The van der Waals surface area contributed by atoms with Crippen LogP contribution in [0.2, 0.25) is 5.02 Å². The van der Waals surface area contributed by atoms with Gasteiger partial charge in [0.2, 0.25) is 0 Å². The first kappa shape index (κ1) is 16.6. The molecule has 21 heavy (non-hydrogen) atoms. The predicted molar refractivity (Wildman–Crippen MR) is 73.7 cm³/mol. The number of imide groups is 1. The van der Waals surface area contributed by atoms with Gasteiger partial charge in [0.05, 0.1) is 5.02 Å². The molecule has 0 bridgehead atoms. The van der Waals surface area contributed by atoms with Gasteiger partial charge in [-0.2, -0.15) is 0 Å². The first-order chi connectivity index (χ1) is 9.81. The molecule has 1 aromatic carbocycles. The van der Waals surface area contributed by atoms with Gasteiger partial charge in [0.15, 0.2) is 6.10 Å². The zero-order chi connectivity index (χ0) is 16.0. The van der Waals surface area contributed by atoms with Crippen LogP contribution in [0.5, 0.6) is 0 Å². The van der Waals surface area contributed by atoms with Crippen LogP contribution in [0.25, 0.3) is 6.08 Å². The summed E-state index contributed by atoms with van der Waals surface area (Å²) in [5, 5.41) is 1.88. The molecule has 3 N–H and O–H groups in total. The molecule has 0 aliphatic rings. The van der Waals surface area contributed by atoms with Crippen molar-refractivity contribution in [1.82, 2.24) is 5.32 Å². The molecule has 0 fully saturated rings. The van der Waals surface area contributed by atoms with Gasteiger partial charge in [-0.3, -0.25) is 10.1 Å². The zero-order valence-corrected chi connectivity index (χ0v) is 11.7. The fraction of sp³-hybridized carbons (Fsp3) is 0.154. The van der Waals surface area contributed by atoms with E-state index in [2.05, 4.69) is 0 Å². The summed E-state index contributed by atoms with van der Waals surface area (Å²) in [5.41, 5.74) is 4.77. The zero-order valence-electron chi connectivity index (χ0n) is 10.9. The number of halogens is 2. The lowest BCUT2D eigenvalue weighted by atomic mass is 10.2. The molecule has 0 aliphatic heterocycles. The fourth-order valence-electron chi connectivity index (χ4n) is 1.31. The predicted octanol–water partition coefficient (Wildman–Crippen LogP) is 1.62. The number of hydrogen-bond acceptors (Lipinski definition) is 4. The van der Waals surface area contributed by atoms with Gasteiger partial charge in [-0.15, -0.1) is 0 Å². The standard InChI is InChI=1S/C13H12ClFN2O4/c1-7(12(19)17-13(16)20)21-11(18)6-5-8-9(14)3-2-4-10(8)15/h2-7H,1H3,(H3,16,17,19,20)/b6-5+. The van der Waals surface area contributed by atoms with E-state index in [9.17, 15) is 18.8 Å². The SMILES string of the molecule is CC(OC(=O)/C=C/c1c(F)cccc1Cl)C(=O)NC(N)=O. The van der Waals surface area contributed by atoms with Gasteiger partial charge >= 0.3 is 12.0 Å². The van der Waals surface area contributed by atoms with Gasteiger partial charge in [-0.05, 0) is 25.1 Å². The maximum absolute atomic E-state index is 13.4. The topological polar surface area (TPSA) is 98.5 Å². The van der Waals surface area contributed by atoms with Crippen molar-refractivity contribution in [1.29, 1.82) is 0 Å². The number of carbonyl (C=O) groups excluding carboxylic acids is 3. The van der Waals surface area contributed by atoms with Crippen molar-refractivity contribution in [3.63, 3.8) is 0 Å². The van der Waals surface area contributed by atoms with Crippen molar-refractivity contribution in [3.8, 4) is 0 Å². The molecule has 3 amide bonds. The number of rotatable bonds is 4. The van der Waals surface area contributed by atoms with Crippen LogP contribution in [-0.2, 0) is 14.3 Å². The van der Waals surface area contributed by atoms with Gasteiger partial charge < -0.3 is 10.5 Å². The summed E-state index contributed by atoms with van der Waals surface area (Å²) in [6.45, 7) is 1.25. The second kappa shape index (κ2) is 7.39. The second-order valence-electron chi connectivity index (χ2n) is 3.90. The van der Waals surface area contributed by atoms with E-state index in [4.69, 9.17) is 22.1 Å². The van der Waals surface area contributed by atoms with E-state index < -0.39 is 29.8 Å². The minimum atomic E-state index is -1.23. The van der Waals surface area contributed by atoms with E-state index in [-0.39, 0.29) is 10.6 Å². The summed E-state index contributed by atoms with van der Waals surface area (Å²) >= 11 is 5.77. The fourth-order valence-corrected chi connectivity index (χ4v) is 1.54. The summed E-state index contributed by atoms with van der Waals surface area (Å²) < 4.78 is 18.1. The Morgan fingerprint density at radius 1 is 1.43 bits per heavy atom. The Bertz CT molecular complexity index is 584. The minimum absolute atomic E-state index is 0.0188. The Kier molecular flexibility index (Phi) is 5.86. The summed E-state index contributed by atoms with van der Waals surface area (Å²) in [6.07, 6.45) is 0.808. The number of esters is 1. The van der Waals surface area contributed by atoms with Crippen molar-refractivity contribution in [2.24, 2.45) is 5.73 Å². The Morgan fingerprint density at radius 2 is 2.10 bits per heavy atom. The van der Waals surface area contributed by atoms with Crippen LogP contribution >= 0.6 is 11.6 Å². The average molecular weight is 315 g/mol. The molecule has 1 rings (SSSR count). The molecule has 112 valence electrons. The van der Waals surface area contributed by atoms with Gasteiger partial charge in [-0.25, -0.2) is 14.0 Å². The van der Waals surface area contributed by atoms with Crippen LogP contribution in [0.3, 0.4) is 0 Å². The summed E-state index contributed by atoms with van der Waals surface area (Å²) in [7, 11) is 0. The highest BCUT2D eigenvalue weighted by Crippen LogP contribution is 2.20. The van der Waals surface area contributed by atoms with Gasteiger partial charge in [0.25, 0.3) is 5.91 Å². The molecular formula is C13H12ClFN2O4. The lowest BCUT2D eigenvalue weighted by Crippen LogP contribution is -2.42. The number of amides is 3. The summed E-state index contributed by atoms with van der Waals surface area (Å²) in [5.74, 6) is -2.37. The highest BCUT2D eigenvalue weighted by Gasteiger charge is 2.17. The van der Waals surface area contributed by atoms with Crippen molar-refractivity contribution in [2.75, 3.05) is 0 Å². The number of hydrogen-bond donors (Lipinski definition) is 2. The van der Waals surface area contributed by atoms with Crippen molar-refractivity contribution >= 4 is 35.6 Å². The molecular weight excluding hydrogens is 303 g/mol. The van der Waals surface area contributed by atoms with Gasteiger partial charge in [0, 0.05) is 11.6 Å². The van der Waals surface area contributed by atoms with E-state index in [0.29, 0.717) is 0 Å². The number of primary amides is 1. The van der Waals surface area contributed by atoms with E-state index in [1.165, 1.54) is 25.1 Å². The number of benzene rings is 1. The molecule has 6 nitrogen and oxygen atoms in total. The molecule has 8 heteroatoms. The first-order valence-corrected chi connectivity index (χ1v) is 6.12. The molecule has 0 aromatic heterocycles. The van der Waals surface area contributed by atoms with Gasteiger partial charge in [0.1, 0.15) is 5.82 Å². The number of nitrogens with one attached hydrogen (secondary N) is 1. The van der Waals surface area contributed by atoms with Crippen molar-refractivity contribution < 1.29 is 23.5 Å². The van der Waals surface area contributed by atoms with Crippen molar-refractivity contribution in [3.05, 3.63) is 40.7 Å². The number of carbonyl (C=O) groups is 3. The van der Waals surface area contributed by atoms with E-state index >= 15 is 0 Å². The highest BCUT2D eigenvalue weighted by molar-refractivity contribution is 6.32. The maximum Gasteiger partial charge on any atom is 0.331 e. The molecule has 1 unspecified atom stereocenters. The Labute approximate surface area is 124 Å². The number of urea groups is 1. The second-order valence-corrected chi connectivity index (χ2v) is 4.31. The quantitative estimate of drug-likeness (QED) is 0.651. The summed E-state index contributed by atoms with van der Waals surface area (Å²) in [4.78, 5) is 33.2. The lowest BCUT2D eigenvalue weighted by molar-refractivity contribution is -0.149. The van der Waals surface area contributed by atoms with E-state index in [1.807, 2.05) is 0 Å². The monoisotopic (exact) mass is 314 g/mol. The third-order valence-corrected chi connectivity index (χ3v) is 2.62. The van der Waals surface area contributed by atoms with Crippen LogP contribution in [0.1, 0.15) is 12.5 Å². The number of ether oxygens (including phenoxy) is 1. The third-order valence-electron chi connectivity index (χ3n) is 2.29. The van der Waals surface area contributed by atoms with Crippen LogP contribution in [-0.4, -0.2) is 24.0 Å². The molecule has 0 spiro atoms. The Hall–Kier alpha value is -2.41. The van der Waals surface area contributed by atoms with Gasteiger partial charge in [-0.1, -0.05) is 17.7 Å². The van der Waals surface area contributed by atoms with Crippen LogP contribution in [0, 0.1) is 5.82 Å². The molecule has 1 atom stereocenters. The Balaban J connectivity index is 2.67. The van der Waals surface area contributed by atoms with Crippen LogP contribution in [0.15, 0.2) is 24.3 Å². The largest absolute Gasteiger partial charge is 0.449 e. The van der Waals surface area contributed by atoms with Crippen molar-refractivity contribution in [2.45, 2.75) is 13.0 Å². The molecule has 0 saturated heterocycles. The normalized spacial score (nSPS) is 12.0. The first-order valence-electron chi connectivity index (χ1n) is 5.74. The smallest absolute Gasteiger partial charge is 0.331 e. The molecule has 0 aliphatic carbocycles. The van der Waals surface area contributed by atoms with E-state index in [0.717, 1.165) is 12.2 Å². The summed E-state index contributed by atoms with van der Waals surface area (Å²) in [6, 6.07) is 3.00. The lowest BCUT2D eigenvalue weighted by Gasteiger charge is -2.10. The molecule has 0 radical (unpaired) electrons. The minimum Gasteiger partial charge on any atom is -0.449 e. The average Bonchev–Trinajstić information content (AvgIpc) is 2.37. The number of nitrogens with two attached hydrogens (primary N) is 1. The van der Waals surface area contributed by atoms with Crippen LogP contribution in [0.4, 0.5) is 9.18 Å². The molecule has 1 aromatic rings. The Morgan fingerprint density at radius 3 is 2.67 bits per heavy atom.